The Hall–Kier alpha value is -1.85. The summed E-state index contributed by atoms with van der Waals surface area (Å²) in [4.78, 5) is 22.7. The van der Waals surface area contributed by atoms with Gasteiger partial charge in [-0.15, -0.1) is 0 Å². The average Bonchev–Trinajstić information content (AvgIpc) is 2.45. The normalized spacial score (nSPS) is 19.3. The van der Waals surface area contributed by atoms with Gasteiger partial charge in [0.05, 0.1) is 0 Å². The summed E-state index contributed by atoms with van der Waals surface area (Å²) in [5.41, 5.74) is 5.82. The van der Waals surface area contributed by atoms with Crippen LogP contribution in [0.2, 0.25) is 0 Å². The van der Waals surface area contributed by atoms with Gasteiger partial charge in [0.25, 0.3) is 0 Å². The Labute approximate surface area is 113 Å². The molecule has 2 heterocycles. The van der Waals surface area contributed by atoms with Gasteiger partial charge in [0.2, 0.25) is 5.91 Å². The number of amides is 1. The lowest BCUT2D eigenvalue weighted by atomic mass is 10.0. The van der Waals surface area contributed by atoms with Crippen LogP contribution in [-0.2, 0) is 11.2 Å². The number of rotatable bonds is 3. The second-order valence-electron chi connectivity index (χ2n) is 4.74. The van der Waals surface area contributed by atoms with E-state index in [1.165, 1.54) is 0 Å². The highest BCUT2D eigenvalue weighted by molar-refractivity contribution is 5.85. The van der Waals surface area contributed by atoms with Crippen LogP contribution < -0.4 is 16.0 Å². The Balaban J connectivity index is 2.31. The zero-order valence-electron chi connectivity index (χ0n) is 11.5. The summed E-state index contributed by atoms with van der Waals surface area (Å²) < 4.78 is 0. The molecule has 1 atom stereocenters. The first-order chi connectivity index (χ1) is 9.15. The number of piperidine rings is 1. The Bertz CT molecular complexity index is 462. The van der Waals surface area contributed by atoms with Crippen molar-refractivity contribution in [3.63, 3.8) is 0 Å². The van der Waals surface area contributed by atoms with Crippen LogP contribution in [0.25, 0.3) is 0 Å². The number of hydrogen-bond acceptors (Lipinski definition) is 5. The number of aryl methyl sites for hydroxylation is 1. The fourth-order valence-corrected chi connectivity index (χ4v) is 2.45. The predicted molar refractivity (Wildman–Crippen MR) is 74.9 cm³/mol. The van der Waals surface area contributed by atoms with Crippen molar-refractivity contribution in [2.45, 2.75) is 38.6 Å². The minimum atomic E-state index is -0.155. The van der Waals surface area contributed by atoms with Crippen molar-refractivity contribution in [3.8, 4) is 0 Å². The molecule has 1 aliphatic heterocycles. The minimum Gasteiger partial charge on any atom is -0.384 e. The number of nitrogens with one attached hydrogen (secondary N) is 1. The molecular weight excluding hydrogens is 242 g/mol. The highest BCUT2D eigenvalue weighted by Crippen LogP contribution is 2.24. The third-order valence-electron chi connectivity index (χ3n) is 3.44. The van der Waals surface area contributed by atoms with Crippen LogP contribution in [0.3, 0.4) is 0 Å². The van der Waals surface area contributed by atoms with Crippen LogP contribution in [0.5, 0.6) is 0 Å². The van der Waals surface area contributed by atoms with Crippen molar-refractivity contribution < 1.29 is 4.79 Å². The molecule has 19 heavy (non-hydrogen) atoms. The van der Waals surface area contributed by atoms with Gasteiger partial charge in [-0.3, -0.25) is 4.79 Å². The standard InChI is InChI=1S/C13H21N5O/c1-3-11-16-10(14)8-12(17-11)18-7-5-4-6-9(18)13(19)15-2/h8-9H,3-7H2,1-2H3,(H,15,19)(H2,14,16,17). The molecule has 0 aromatic carbocycles. The van der Waals surface area contributed by atoms with E-state index < -0.39 is 0 Å². The average molecular weight is 263 g/mol. The minimum absolute atomic E-state index is 0.0370. The van der Waals surface area contributed by atoms with E-state index in [0.29, 0.717) is 5.82 Å². The molecule has 0 saturated carbocycles. The van der Waals surface area contributed by atoms with Gasteiger partial charge in [-0.25, -0.2) is 9.97 Å². The summed E-state index contributed by atoms with van der Waals surface area (Å²) in [6, 6.07) is 1.60. The zero-order valence-corrected chi connectivity index (χ0v) is 11.5. The summed E-state index contributed by atoms with van der Waals surface area (Å²) in [7, 11) is 1.67. The number of aromatic nitrogens is 2. The summed E-state index contributed by atoms with van der Waals surface area (Å²) in [6.07, 6.45) is 3.72. The van der Waals surface area contributed by atoms with Crippen molar-refractivity contribution >= 4 is 17.5 Å². The molecule has 0 aliphatic carbocycles. The predicted octanol–water partition coefficient (Wildman–Crippen LogP) is 0.726. The van der Waals surface area contributed by atoms with E-state index in [1.54, 1.807) is 13.1 Å². The summed E-state index contributed by atoms with van der Waals surface area (Å²) in [6.45, 7) is 2.82. The van der Waals surface area contributed by atoms with E-state index in [0.717, 1.165) is 43.9 Å². The SMILES string of the molecule is CCc1nc(N)cc(N2CCCCC2C(=O)NC)n1. The largest absolute Gasteiger partial charge is 0.384 e. The van der Waals surface area contributed by atoms with Crippen LogP contribution in [-0.4, -0.2) is 35.5 Å². The molecule has 1 saturated heterocycles. The van der Waals surface area contributed by atoms with E-state index >= 15 is 0 Å². The van der Waals surface area contributed by atoms with Crippen molar-refractivity contribution in [3.05, 3.63) is 11.9 Å². The van der Waals surface area contributed by atoms with Crippen molar-refractivity contribution in [2.24, 2.45) is 0 Å². The van der Waals surface area contributed by atoms with Crippen LogP contribution in [0.1, 0.15) is 32.0 Å². The molecular formula is C13H21N5O. The molecule has 1 amide bonds. The molecule has 1 fully saturated rings. The second-order valence-corrected chi connectivity index (χ2v) is 4.74. The van der Waals surface area contributed by atoms with E-state index in [9.17, 15) is 4.79 Å². The Morgan fingerprint density at radius 2 is 2.32 bits per heavy atom. The number of carbonyl (C=O) groups is 1. The quantitative estimate of drug-likeness (QED) is 0.839. The number of nitrogens with zero attached hydrogens (tertiary/aromatic N) is 3. The van der Waals surface area contributed by atoms with Crippen LogP contribution in [0.4, 0.5) is 11.6 Å². The van der Waals surface area contributed by atoms with Crippen molar-refractivity contribution in [1.82, 2.24) is 15.3 Å². The molecule has 0 spiro atoms. The molecule has 3 N–H and O–H groups in total. The molecule has 6 nitrogen and oxygen atoms in total. The van der Waals surface area contributed by atoms with Crippen LogP contribution in [0, 0.1) is 0 Å². The number of likely N-dealkylation sites (N-methyl/N-ethyl adjacent to an activating group) is 1. The fraction of sp³-hybridized carbons (Fsp3) is 0.615. The Kier molecular flexibility index (Phi) is 4.19. The van der Waals surface area contributed by atoms with Crippen molar-refractivity contribution in [1.29, 1.82) is 0 Å². The third-order valence-corrected chi connectivity index (χ3v) is 3.44. The van der Waals surface area contributed by atoms with Gasteiger partial charge in [0.1, 0.15) is 23.5 Å². The smallest absolute Gasteiger partial charge is 0.242 e. The van der Waals surface area contributed by atoms with Crippen LogP contribution in [0.15, 0.2) is 6.07 Å². The van der Waals surface area contributed by atoms with Crippen LogP contribution >= 0.6 is 0 Å². The van der Waals surface area contributed by atoms with Gasteiger partial charge in [-0.2, -0.15) is 0 Å². The molecule has 1 aromatic rings. The molecule has 1 aliphatic rings. The molecule has 0 radical (unpaired) electrons. The molecule has 6 heteroatoms. The molecule has 1 unspecified atom stereocenters. The van der Waals surface area contributed by atoms with Gasteiger partial charge in [0, 0.05) is 26.1 Å². The maximum Gasteiger partial charge on any atom is 0.242 e. The number of hydrogen-bond donors (Lipinski definition) is 2. The van der Waals surface area contributed by atoms with Gasteiger partial charge in [-0.1, -0.05) is 6.92 Å². The van der Waals surface area contributed by atoms with Gasteiger partial charge in [0.15, 0.2) is 0 Å². The molecule has 2 rings (SSSR count). The van der Waals surface area contributed by atoms with E-state index in [2.05, 4.69) is 15.3 Å². The molecule has 0 bridgehead atoms. The van der Waals surface area contributed by atoms with Gasteiger partial charge >= 0.3 is 0 Å². The number of anilines is 2. The Morgan fingerprint density at radius 1 is 1.53 bits per heavy atom. The van der Waals surface area contributed by atoms with E-state index in [-0.39, 0.29) is 11.9 Å². The van der Waals surface area contributed by atoms with E-state index in [1.807, 2.05) is 11.8 Å². The summed E-state index contributed by atoms with van der Waals surface area (Å²) in [5.74, 6) is 1.98. The molecule has 104 valence electrons. The van der Waals surface area contributed by atoms with Crippen molar-refractivity contribution in [2.75, 3.05) is 24.2 Å². The lowest BCUT2D eigenvalue weighted by molar-refractivity contribution is -0.122. The number of nitrogens with two attached hydrogens (primary N) is 1. The monoisotopic (exact) mass is 263 g/mol. The third kappa shape index (κ3) is 2.94. The lowest BCUT2D eigenvalue weighted by Gasteiger charge is -2.35. The highest BCUT2D eigenvalue weighted by Gasteiger charge is 2.29. The topological polar surface area (TPSA) is 84.1 Å². The molecule has 1 aromatic heterocycles. The first-order valence-electron chi connectivity index (χ1n) is 6.77. The highest BCUT2D eigenvalue weighted by atomic mass is 16.2. The first-order valence-corrected chi connectivity index (χ1v) is 6.77. The fourth-order valence-electron chi connectivity index (χ4n) is 2.45. The lowest BCUT2D eigenvalue weighted by Crippen LogP contribution is -2.49. The number of carbonyl (C=O) groups excluding carboxylic acids is 1. The maximum absolute atomic E-state index is 12.0. The summed E-state index contributed by atoms with van der Waals surface area (Å²) >= 11 is 0. The Morgan fingerprint density at radius 3 is 3.00 bits per heavy atom. The number of nitrogen functional groups attached to an aromatic ring is 1. The maximum atomic E-state index is 12.0. The second kappa shape index (κ2) is 5.86. The summed E-state index contributed by atoms with van der Waals surface area (Å²) in [5, 5.41) is 2.72. The zero-order chi connectivity index (χ0) is 13.8. The van der Waals surface area contributed by atoms with Gasteiger partial charge < -0.3 is 16.0 Å². The first kappa shape index (κ1) is 13.6. The van der Waals surface area contributed by atoms with Gasteiger partial charge in [-0.05, 0) is 19.3 Å². The van der Waals surface area contributed by atoms with E-state index in [4.69, 9.17) is 5.73 Å².